The topological polar surface area (TPSA) is 9.23 Å². The van der Waals surface area contributed by atoms with Crippen LogP contribution in [0, 0.1) is 0 Å². The average Bonchev–Trinajstić information content (AvgIpc) is 2.55. The van der Waals surface area contributed by atoms with E-state index < -0.39 is 0 Å². The lowest BCUT2D eigenvalue weighted by molar-refractivity contribution is 0.424. The van der Waals surface area contributed by atoms with Crippen molar-refractivity contribution in [3.63, 3.8) is 0 Å². The molecule has 1 heterocycles. The highest BCUT2D eigenvalue weighted by atomic mass is 16.5. The first-order valence-corrected chi connectivity index (χ1v) is 4.96. The molecule has 0 N–H and O–H groups in total. The second-order valence-corrected chi connectivity index (χ2v) is 3.41. The molecule has 0 fully saturated rings. The molecule has 0 saturated carbocycles. The summed E-state index contributed by atoms with van der Waals surface area (Å²) in [6.07, 6.45) is 4.80. The summed E-state index contributed by atoms with van der Waals surface area (Å²) in [5.74, 6) is 2.42. The Morgan fingerprint density at radius 1 is 1.43 bits per heavy atom. The second-order valence-electron chi connectivity index (χ2n) is 3.41. The van der Waals surface area contributed by atoms with E-state index in [1.807, 2.05) is 18.2 Å². The second kappa shape index (κ2) is 3.70. The summed E-state index contributed by atoms with van der Waals surface area (Å²) >= 11 is 0. The maximum Gasteiger partial charge on any atom is 0.130 e. The van der Waals surface area contributed by atoms with Gasteiger partial charge in [0.05, 0.1) is 0 Å². The molecule has 1 aromatic carbocycles. The zero-order valence-corrected chi connectivity index (χ0v) is 8.36. The van der Waals surface area contributed by atoms with E-state index in [2.05, 4.69) is 25.6 Å². The van der Waals surface area contributed by atoms with Gasteiger partial charge in [-0.1, -0.05) is 37.8 Å². The third-order valence-electron chi connectivity index (χ3n) is 2.56. The van der Waals surface area contributed by atoms with Crippen molar-refractivity contribution in [3.05, 3.63) is 54.3 Å². The van der Waals surface area contributed by atoms with Crippen molar-refractivity contribution in [2.45, 2.75) is 19.3 Å². The van der Waals surface area contributed by atoms with Gasteiger partial charge in [-0.05, 0) is 18.6 Å². The van der Waals surface area contributed by atoms with E-state index in [0.29, 0.717) is 5.92 Å². The van der Waals surface area contributed by atoms with Crippen LogP contribution in [0.1, 0.15) is 24.8 Å². The standard InChI is InChI=1S/C13H14O/c1-3-7-12-10(4-2)11-8-5-6-9-13(11)14-12/h3,5-10H,1,4H2,2H3/b12-7+. The van der Waals surface area contributed by atoms with Crippen LogP contribution in [0.25, 0.3) is 0 Å². The molecular weight excluding hydrogens is 172 g/mol. The minimum Gasteiger partial charge on any atom is -0.461 e. The fraction of sp³-hybridized carbons (Fsp3) is 0.231. The van der Waals surface area contributed by atoms with Gasteiger partial charge in [0.25, 0.3) is 0 Å². The van der Waals surface area contributed by atoms with Gasteiger partial charge in [-0.2, -0.15) is 0 Å². The van der Waals surface area contributed by atoms with Crippen molar-refractivity contribution in [1.82, 2.24) is 0 Å². The lowest BCUT2D eigenvalue weighted by Crippen LogP contribution is -1.96. The Hall–Kier alpha value is -1.50. The molecule has 1 aliphatic heterocycles. The van der Waals surface area contributed by atoms with E-state index >= 15 is 0 Å². The van der Waals surface area contributed by atoms with Gasteiger partial charge >= 0.3 is 0 Å². The van der Waals surface area contributed by atoms with E-state index in [1.54, 1.807) is 6.08 Å². The van der Waals surface area contributed by atoms with Crippen molar-refractivity contribution in [1.29, 1.82) is 0 Å². The van der Waals surface area contributed by atoms with Gasteiger partial charge in [-0.15, -0.1) is 0 Å². The predicted octanol–water partition coefficient (Wildman–Crippen LogP) is 3.64. The van der Waals surface area contributed by atoms with Gasteiger partial charge in [0.2, 0.25) is 0 Å². The van der Waals surface area contributed by atoms with Gasteiger partial charge in [-0.3, -0.25) is 0 Å². The Labute approximate surface area is 84.7 Å². The number of fused-ring (bicyclic) bond motifs is 1. The molecule has 14 heavy (non-hydrogen) atoms. The van der Waals surface area contributed by atoms with Crippen molar-refractivity contribution < 1.29 is 4.74 Å². The molecule has 1 aliphatic rings. The van der Waals surface area contributed by atoms with Crippen molar-refractivity contribution >= 4 is 0 Å². The van der Waals surface area contributed by atoms with Crippen LogP contribution in [0.2, 0.25) is 0 Å². The minimum absolute atomic E-state index is 0.407. The first-order valence-electron chi connectivity index (χ1n) is 4.96. The van der Waals surface area contributed by atoms with Gasteiger partial charge in [-0.25, -0.2) is 0 Å². The molecule has 0 amide bonds. The normalized spacial score (nSPS) is 21.8. The number of hydrogen-bond acceptors (Lipinski definition) is 1. The third kappa shape index (κ3) is 1.35. The largest absolute Gasteiger partial charge is 0.461 e. The number of hydrogen-bond donors (Lipinski definition) is 0. The summed E-state index contributed by atoms with van der Waals surface area (Å²) in [5, 5.41) is 0. The summed E-state index contributed by atoms with van der Waals surface area (Å²) in [4.78, 5) is 0. The highest BCUT2D eigenvalue weighted by Gasteiger charge is 2.26. The molecule has 0 saturated heterocycles. The molecule has 72 valence electrons. The Morgan fingerprint density at radius 3 is 2.93 bits per heavy atom. The molecule has 1 nitrogen and oxygen atoms in total. The Morgan fingerprint density at radius 2 is 2.21 bits per heavy atom. The average molecular weight is 186 g/mol. The number of ether oxygens (including phenoxy) is 1. The first-order chi connectivity index (χ1) is 6.86. The van der Waals surface area contributed by atoms with Gasteiger partial charge in [0, 0.05) is 11.5 Å². The highest BCUT2D eigenvalue weighted by molar-refractivity contribution is 5.46. The minimum atomic E-state index is 0.407. The van der Waals surface area contributed by atoms with Gasteiger partial charge in [0.1, 0.15) is 11.5 Å². The molecule has 0 spiro atoms. The third-order valence-corrected chi connectivity index (χ3v) is 2.56. The molecule has 0 bridgehead atoms. The van der Waals surface area contributed by atoms with Crippen LogP contribution in [0.15, 0.2) is 48.8 Å². The summed E-state index contributed by atoms with van der Waals surface area (Å²) in [6, 6.07) is 8.21. The summed E-state index contributed by atoms with van der Waals surface area (Å²) < 4.78 is 5.74. The summed E-state index contributed by atoms with van der Waals surface area (Å²) in [7, 11) is 0. The molecular formula is C13H14O. The number of rotatable bonds is 2. The quantitative estimate of drug-likeness (QED) is 0.685. The maximum atomic E-state index is 5.74. The molecule has 1 heteroatoms. The summed E-state index contributed by atoms with van der Waals surface area (Å²) in [5.41, 5.74) is 1.29. The lowest BCUT2D eigenvalue weighted by Gasteiger charge is -2.06. The molecule has 1 unspecified atom stereocenters. The molecule has 0 radical (unpaired) electrons. The van der Waals surface area contributed by atoms with Crippen LogP contribution in [-0.4, -0.2) is 0 Å². The highest BCUT2D eigenvalue weighted by Crippen LogP contribution is 2.41. The zero-order chi connectivity index (χ0) is 9.97. The van der Waals surface area contributed by atoms with Crippen LogP contribution in [0.4, 0.5) is 0 Å². The van der Waals surface area contributed by atoms with Crippen LogP contribution in [0.3, 0.4) is 0 Å². The van der Waals surface area contributed by atoms with Crippen LogP contribution < -0.4 is 4.74 Å². The zero-order valence-electron chi connectivity index (χ0n) is 8.36. The van der Waals surface area contributed by atoms with Crippen LogP contribution >= 0.6 is 0 Å². The SMILES string of the molecule is C=C/C=C1/Oc2ccccc2C1CC. The van der Waals surface area contributed by atoms with Crippen LogP contribution in [0.5, 0.6) is 5.75 Å². The number of allylic oxidation sites excluding steroid dienone is 3. The van der Waals surface area contributed by atoms with E-state index in [-0.39, 0.29) is 0 Å². The van der Waals surface area contributed by atoms with Gasteiger partial charge < -0.3 is 4.74 Å². The number of benzene rings is 1. The smallest absolute Gasteiger partial charge is 0.130 e. The van der Waals surface area contributed by atoms with E-state index in [0.717, 1.165) is 17.9 Å². The van der Waals surface area contributed by atoms with Crippen molar-refractivity contribution in [2.24, 2.45) is 0 Å². The monoisotopic (exact) mass is 186 g/mol. The maximum absolute atomic E-state index is 5.74. The molecule has 1 aromatic rings. The van der Waals surface area contributed by atoms with E-state index in [9.17, 15) is 0 Å². The van der Waals surface area contributed by atoms with Gasteiger partial charge in [0.15, 0.2) is 0 Å². The Kier molecular flexibility index (Phi) is 2.40. The molecule has 0 aliphatic carbocycles. The fourth-order valence-corrected chi connectivity index (χ4v) is 1.90. The van der Waals surface area contributed by atoms with Crippen LogP contribution in [-0.2, 0) is 0 Å². The van der Waals surface area contributed by atoms with Crippen molar-refractivity contribution in [2.75, 3.05) is 0 Å². The van der Waals surface area contributed by atoms with Crippen molar-refractivity contribution in [3.8, 4) is 5.75 Å². The Bertz CT molecular complexity index is 377. The molecule has 0 aromatic heterocycles. The molecule has 1 atom stereocenters. The predicted molar refractivity (Wildman–Crippen MR) is 58.4 cm³/mol. The first kappa shape index (κ1) is 9.07. The number of para-hydroxylation sites is 1. The Balaban J connectivity index is 2.43. The van der Waals surface area contributed by atoms with E-state index in [4.69, 9.17) is 4.74 Å². The molecule has 2 rings (SSSR count). The van der Waals surface area contributed by atoms with E-state index in [1.165, 1.54) is 5.56 Å². The lowest BCUT2D eigenvalue weighted by atomic mass is 9.96. The fourth-order valence-electron chi connectivity index (χ4n) is 1.90. The summed E-state index contributed by atoms with van der Waals surface area (Å²) in [6.45, 7) is 5.87.